The average molecular weight is 1290 g/mol. The molecule has 13 nitrogen and oxygen atoms in total. The van der Waals surface area contributed by atoms with Crippen molar-refractivity contribution in [2.45, 2.75) is 208 Å². The predicted molar refractivity (Wildman–Crippen MR) is 350 cm³/mol. The lowest BCUT2D eigenvalue weighted by atomic mass is 9.28. The second-order valence-electron chi connectivity index (χ2n) is 36.2. The van der Waals surface area contributed by atoms with Crippen LogP contribution in [-0.2, 0) is 51.8 Å². The van der Waals surface area contributed by atoms with Gasteiger partial charge in [0.2, 0.25) is 0 Å². The summed E-state index contributed by atoms with van der Waals surface area (Å²) in [6, 6.07) is 13.3. The Balaban J connectivity index is 0.797. The molecule has 9 bridgehead atoms. The van der Waals surface area contributed by atoms with Gasteiger partial charge in [0.1, 0.15) is 29.7 Å². The van der Waals surface area contributed by atoms with Gasteiger partial charge in [0, 0.05) is 52.7 Å². The quantitative estimate of drug-likeness (QED) is 0.0849. The molecule has 95 heavy (non-hydrogen) atoms. The summed E-state index contributed by atoms with van der Waals surface area (Å²) >= 11 is 0. The van der Waals surface area contributed by atoms with Crippen LogP contribution in [0.5, 0.6) is 0 Å². The van der Waals surface area contributed by atoms with Crippen molar-refractivity contribution >= 4 is 17.7 Å². The topological polar surface area (TPSA) is 181 Å². The first-order chi connectivity index (χ1) is 46.1. The molecule has 29 atom stereocenters. The third kappa shape index (κ3) is 6.78. The molecule has 19 aliphatic rings. The number of hydrogen-bond donors (Lipinski definition) is 4. The van der Waals surface area contributed by atoms with Crippen LogP contribution in [0.1, 0.15) is 166 Å². The Morgan fingerprint density at radius 1 is 0.895 bits per heavy atom. The van der Waals surface area contributed by atoms with Crippen molar-refractivity contribution in [3.8, 4) is 11.8 Å². The van der Waals surface area contributed by atoms with Gasteiger partial charge in [-0.1, -0.05) is 118 Å². The van der Waals surface area contributed by atoms with Gasteiger partial charge in [0.15, 0.2) is 17.5 Å². The maximum Gasteiger partial charge on any atom is 0.339 e. The van der Waals surface area contributed by atoms with E-state index in [0.717, 1.165) is 83.8 Å². The third-order valence-corrected chi connectivity index (χ3v) is 33.6. The zero-order valence-electron chi connectivity index (χ0n) is 55.8. The number of esters is 2. The van der Waals surface area contributed by atoms with Gasteiger partial charge in [-0.3, -0.25) is 14.9 Å². The first-order valence-electron chi connectivity index (χ1n) is 38.2. The number of ether oxygens (including phenoxy) is 4. The van der Waals surface area contributed by atoms with Crippen LogP contribution in [-0.4, -0.2) is 106 Å². The van der Waals surface area contributed by atoms with Gasteiger partial charge >= 0.3 is 11.9 Å². The number of aliphatic hydroxyl groups excluding tert-OH is 3. The van der Waals surface area contributed by atoms with Gasteiger partial charge in [0.25, 0.3) is 0 Å². The molecule has 8 spiro atoms. The number of carbonyl (C=O) groups excluding carboxylic acids is 3. The predicted octanol–water partition coefficient (Wildman–Crippen LogP) is 11.3. The number of nitrogens with one attached hydrogen (secondary N) is 1. The first-order valence-corrected chi connectivity index (χ1v) is 38.2. The summed E-state index contributed by atoms with van der Waals surface area (Å²) in [5, 5.41) is 42.3. The zero-order chi connectivity index (χ0) is 63.8. The number of epoxide rings is 1. The first kappa shape index (κ1) is 59.1. The molecular formula is C82H98N2O11. The highest BCUT2D eigenvalue weighted by Gasteiger charge is 3.00. The Kier molecular flexibility index (Phi) is 12.2. The number of ketones is 1. The minimum atomic E-state index is -1.60. The number of hydrogen-bond acceptors (Lipinski definition) is 13. The molecule has 0 amide bonds. The number of nitrogens with zero attached hydrogens (tertiary/aromatic N) is 1. The maximum absolute atomic E-state index is 18.2. The van der Waals surface area contributed by atoms with Crippen molar-refractivity contribution in [1.29, 1.82) is 0 Å². The fourth-order valence-corrected chi connectivity index (χ4v) is 30.8. The highest BCUT2D eigenvalue weighted by molar-refractivity contribution is 5.94. The number of allylic oxidation sites excluding steroid dienone is 4. The highest BCUT2D eigenvalue weighted by Crippen LogP contribution is 2.92. The van der Waals surface area contributed by atoms with Crippen molar-refractivity contribution in [3.05, 3.63) is 108 Å². The van der Waals surface area contributed by atoms with Crippen LogP contribution >= 0.6 is 0 Å². The van der Waals surface area contributed by atoms with Crippen LogP contribution in [0.25, 0.3) is 0 Å². The number of aliphatic hydroxyl groups is 3. The normalized spacial score (nSPS) is 53.0. The number of carbonyl (C=O) groups is 3. The van der Waals surface area contributed by atoms with Gasteiger partial charge in [-0.25, -0.2) is 4.79 Å². The molecule has 1 aromatic carbocycles. The molecule has 502 valence electrons. The van der Waals surface area contributed by atoms with E-state index in [9.17, 15) is 10.2 Å². The molecule has 14 fully saturated rings. The molecule has 5 saturated heterocycles. The summed E-state index contributed by atoms with van der Waals surface area (Å²) in [6.45, 7) is 6.26. The van der Waals surface area contributed by atoms with E-state index in [-0.39, 0.29) is 77.5 Å². The number of rotatable bonds is 8. The number of benzene rings is 1. The second kappa shape index (κ2) is 19.6. The Morgan fingerprint density at radius 3 is 2.62 bits per heavy atom. The standard InChI is InChI=1S/C82H98N2O11/c1-46-56-16-7-6-14-49(56)21-29-75(46)26-11-27-78-64(75)36-54-35-55-40-74(24-8-9-25-74)43-76(55)39-53-38-73(2)79(59-23-31-91-63(59)37-58(62(86)42-85)51-19-20-57-52(34-51)22-30-84-45-83-41-61(57)84)28-10-15-50-18-17-48(32-47-12-4-3-5-13-47)33-60(50)80(82(73)70(93-82)72(90)94-79)66(53)77(67(78)65(87)69(80)88)44-92-71(89)68(76)81(54,77)95-78/h3-5,11-13,21-23,26,29-31,36,46,48-53,55-58,60-62,64,66-70,83,85-86,88H,6-9,14,16-20,24-25,27-28,32-35,37-45H2,1-2H3/t46-,48+,49+,50-,51+,52-,53+,55+,56+,57+,58+,60+,61+,62-,64+,66-,67+,68+,69-,70-,73+,75+,76-,77-,78+,79+,80+,81+,82-/m1/s1. The molecule has 9 saturated carbocycles. The summed E-state index contributed by atoms with van der Waals surface area (Å²) in [4.78, 5) is 53.5. The molecule has 13 heteroatoms. The zero-order valence-corrected chi connectivity index (χ0v) is 55.8. The van der Waals surface area contributed by atoms with E-state index in [1.807, 2.05) is 6.07 Å². The summed E-state index contributed by atoms with van der Waals surface area (Å²) < 4.78 is 38.5. The monoisotopic (exact) mass is 1290 g/mol. The maximum atomic E-state index is 18.2. The molecule has 8 heterocycles. The molecule has 0 unspecified atom stereocenters. The van der Waals surface area contributed by atoms with E-state index >= 15 is 19.5 Å². The summed E-state index contributed by atoms with van der Waals surface area (Å²) in [6.07, 6.45) is 35.7. The molecule has 2 aromatic rings. The van der Waals surface area contributed by atoms with E-state index < -0.39 is 104 Å². The van der Waals surface area contributed by atoms with Crippen molar-refractivity contribution in [2.75, 3.05) is 26.4 Å². The molecule has 4 N–H and O–H groups in total. The highest BCUT2D eigenvalue weighted by atomic mass is 16.7. The number of furan rings is 1. The van der Waals surface area contributed by atoms with E-state index in [1.54, 1.807) is 6.26 Å². The fourth-order valence-electron chi connectivity index (χ4n) is 30.8. The third-order valence-electron chi connectivity index (χ3n) is 33.6. The Morgan fingerprint density at radius 2 is 1.76 bits per heavy atom. The van der Waals surface area contributed by atoms with E-state index in [4.69, 9.17) is 23.4 Å². The Labute approximate surface area is 559 Å². The van der Waals surface area contributed by atoms with E-state index in [0.29, 0.717) is 73.1 Å². The largest absolute Gasteiger partial charge is 0.469 e. The van der Waals surface area contributed by atoms with Crippen LogP contribution in [0.4, 0.5) is 0 Å². The van der Waals surface area contributed by atoms with Crippen LogP contribution in [0.15, 0.2) is 95.3 Å². The minimum Gasteiger partial charge on any atom is -0.469 e. The van der Waals surface area contributed by atoms with Gasteiger partial charge in [-0.05, 0) is 214 Å². The van der Waals surface area contributed by atoms with Gasteiger partial charge < -0.3 is 43.6 Å². The van der Waals surface area contributed by atoms with Gasteiger partial charge in [0.05, 0.1) is 54.9 Å². The van der Waals surface area contributed by atoms with Gasteiger partial charge in [-0.15, -0.1) is 0 Å². The lowest BCUT2D eigenvalue weighted by molar-refractivity contribution is -0.315. The minimum absolute atomic E-state index is 0.0112. The summed E-state index contributed by atoms with van der Waals surface area (Å²) in [7, 11) is 0. The fraction of sp³-hybridized carbons (Fsp3) is 0.720. The molecule has 1 aromatic heterocycles. The molecular weight excluding hydrogens is 1190 g/mol. The lowest BCUT2D eigenvalue weighted by Gasteiger charge is -2.74. The smallest absolute Gasteiger partial charge is 0.339 e. The average Bonchev–Trinajstić information content (AvgIpc) is 1.42. The van der Waals surface area contributed by atoms with Crippen molar-refractivity contribution < 1.29 is 53.1 Å². The molecule has 21 rings (SSSR count). The number of cyclic esters (lactones) is 1. The van der Waals surface area contributed by atoms with Crippen molar-refractivity contribution in [1.82, 2.24) is 10.2 Å². The van der Waals surface area contributed by atoms with Crippen molar-refractivity contribution in [2.24, 2.45) is 127 Å². The van der Waals surface area contributed by atoms with Crippen molar-refractivity contribution in [3.63, 3.8) is 0 Å². The molecule has 7 aliphatic heterocycles. The van der Waals surface area contributed by atoms with E-state index in [1.165, 1.54) is 49.7 Å². The van der Waals surface area contributed by atoms with Gasteiger partial charge in [-0.2, -0.15) is 0 Å². The Hall–Kier alpha value is -4.81. The lowest BCUT2D eigenvalue weighted by Crippen LogP contribution is -2.84. The van der Waals surface area contributed by atoms with Crippen LogP contribution < -0.4 is 5.32 Å². The van der Waals surface area contributed by atoms with E-state index in [2.05, 4.69) is 109 Å². The molecule has 12 aliphatic carbocycles. The summed E-state index contributed by atoms with van der Waals surface area (Å²) in [5.74, 6) is 6.62. The van der Waals surface area contributed by atoms with Crippen LogP contribution in [0.2, 0.25) is 0 Å². The second-order valence-corrected chi connectivity index (χ2v) is 36.2. The number of Topliss-reactive ketones (excluding diaryl/α,β-unsaturated/α-hetero) is 1. The van der Waals surface area contributed by atoms with Crippen LogP contribution in [0.3, 0.4) is 0 Å². The summed E-state index contributed by atoms with van der Waals surface area (Å²) in [5.41, 5.74) is -6.84. The number of fused-ring (bicyclic) bond motifs is 6. The SMILES string of the molecule is C[C@@H]1[C@@H]2CCCC[C@H]2C=C[C@@]12C=CC[C@]13O[C@]45C(=C[C@@H]21)C[C@H]1CC2(CCCC2)C[C@]12C[C@@H]1C[C@]6(C)[C@]78O[C@@H]7C(=O)O[C@]6(c6ccoc6C[C@@H]([C@H]6CC[C@H]7[C@H](C=CN9CNC[C@@H]79)C6)[C@H](O)CO)CC#C[C@@H]6CC[C@@H](Cc7ccccc7)C[C@@H]6[C@]86[C@H](O)C(=O)[C@H]3[C@@]4(COC(=O)[C@@H]25)[C@@H]16. The Bertz CT molecular complexity index is 3820. The van der Waals surface area contributed by atoms with Crippen LogP contribution in [0, 0.1) is 139 Å². The molecule has 0 radical (unpaired) electrons.